The van der Waals surface area contributed by atoms with E-state index < -0.39 is 0 Å². The minimum absolute atomic E-state index is 0.0190. The van der Waals surface area contributed by atoms with Crippen LogP contribution in [0.4, 0.5) is 5.69 Å². The van der Waals surface area contributed by atoms with Gasteiger partial charge in [-0.05, 0) is 44.0 Å². The van der Waals surface area contributed by atoms with Gasteiger partial charge in [-0.3, -0.25) is 0 Å². The largest absolute Gasteiger partial charge is 0.362 e. The van der Waals surface area contributed by atoms with Crippen molar-refractivity contribution in [3.8, 4) is 0 Å². The van der Waals surface area contributed by atoms with Gasteiger partial charge in [0.05, 0.1) is 0 Å². The first-order valence-corrected chi connectivity index (χ1v) is 5.20. The highest BCUT2D eigenvalue weighted by molar-refractivity contribution is 5.49. The van der Waals surface area contributed by atoms with Gasteiger partial charge in [0.2, 0.25) is 0 Å². The molecule has 15 heavy (non-hydrogen) atoms. The van der Waals surface area contributed by atoms with Crippen LogP contribution in [0.2, 0.25) is 0 Å². The van der Waals surface area contributed by atoms with Crippen molar-refractivity contribution in [3.63, 3.8) is 0 Å². The molecule has 0 saturated heterocycles. The Hall–Kier alpha value is -1.06. The SMILES string of the molecule is COC(C)Nc1ccc(C(C)N)c(C)c1. The van der Waals surface area contributed by atoms with Crippen molar-refractivity contribution in [2.45, 2.75) is 33.0 Å². The molecule has 3 N–H and O–H groups in total. The third kappa shape index (κ3) is 3.22. The Morgan fingerprint density at radius 3 is 2.47 bits per heavy atom. The number of aryl methyl sites for hydroxylation is 1. The first kappa shape index (κ1) is 12.0. The molecule has 3 nitrogen and oxygen atoms in total. The van der Waals surface area contributed by atoms with E-state index in [-0.39, 0.29) is 12.3 Å². The fraction of sp³-hybridized carbons (Fsp3) is 0.500. The summed E-state index contributed by atoms with van der Waals surface area (Å²) in [5.41, 5.74) is 9.30. The van der Waals surface area contributed by atoms with Crippen LogP contribution in [0.25, 0.3) is 0 Å². The molecule has 0 aliphatic heterocycles. The minimum atomic E-state index is 0.0190. The summed E-state index contributed by atoms with van der Waals surface area (Å²) < 4.78 is 5.14. The summed E-state index contributed by atoms with van der Waals surface area (Å²) in [6.45, 7) is 6.03. The van der Waals surface area contributed by atoms with E-state index in [9.17, 15) is 0 Å². The van der Waals surface area contributed by atoms with Crippen LogP contribution in [-0.2, 0) is 4.74 Å². The van der Waals surface area contributed by atoms with Crippen molar-refractivity contribution in [1.29, 1.82) is 0 Å². The van der Waals surface area contributed by atoms with E-state index in [0.29, 0.717) is 0 Å². The number of nitrogens with one attached hydrogen (secondary N) is 1. The zero-order valence-corrected chi connectivity index (χ0v) is 9.87. The molecular formula is C12H20N2O. The summed E-state index contributed by atoms with van der Waals surface area (Å²) in [5.74, 6) is 0. The second-order valence-electron chi connectivity index (χ2n) is 3.88. The van der Waals surface area contributed by atoms with Gasteiger partial charge >= 0.3 is 0 Å². The number of rotatable bonds is 4. The Labute approximate surface area is 91.6 Å². The minimum Gasteiger partial charge on any atom is -0.362 e. The molecule has 84 valence electrons. The van der Waals surface area contributed by atoms with E-state index in [1.54, 1.807) is 7.11 Å². The van der Waals surface area contributed by atoms with Gasteiger partial charge in [0, 0.05) is 18.8 Å². The average molecular weight is 208 g/mol. The molecule has 0 aliphatic carbocycles. The second-order valence-corrected chi connectivity index (χ2v) is 3.88. The third-order valence-corrected chi connectivity index (χ3v) is 2.48. The van der Waals surface area contributed by atoms with Gasteiger partial charge in [0.25, 0.3) is 0 Å². The van der Waals surface area contributed by atoms with Crippen molar-refractivity contribution in [3.05, 3.63) is 29.3 Å². The highest BCUT2D eigenvalue weighted by atomic mass is 16.5. The van der Waals surface area contributed by atoms with E-state index in [2.05, 4.69) is 24.4 Å². The Kier molecular flexibility index (Phi) is 4.12. The molecule has 0 amide bonds. The molecule has 0 aliphatic rings. The standard InChI is InChI=1S/C12H20N2O/c1-8-7-11(14-10(3)15-4)5-6-12(8)9(2)13/h5-7,9-10,14H,13H2,1-4H3. The van der Waals surface area contributed by atoms with Crippen LogP contribution in [0, 0.1) is 6.92 Å². The summed E-state index contributed by atoms with van der Waals surface area (Å²) in [6.07, 6.45) is 0.0190. The van der Waals surface area contributed by atoms with E-state index in [1.165, 1.54) is 11.1 Å². The molecule has 0 heterocycles. The molecule has 3 heteroatoms. The first-order chi connectivity index (χ1) is 7.04. The molecule has 1 aromatic rings. The van der Waals surface area contributed by atoms with Gasteiger partial charge in [-0.25, -0.2) is 0 Å². The summed E-state index contributed by atoms with van der Waals surface area (Å²) in [6, 6.07) is 6.26. The number of hydrogen-bond acceptors (Lipinski definition) is 3. The zero-order chi connectivity index (χ0) is 11.4. The van der Waals surface area contributed by atoms with Crippen LogP contribution in [0.5, 0.6) is 0 Å². The van der Waals surface area contributed by atoms with Gasteiger partial charge in [0.15, 0.2) is 0 Å². The van der Waals surface area contributed by atoms with Crippen LogP contribution in [0.3, 0.4) is 0 Å². The number of ether oxygens (including phenoxy) is 1. The molecule has 0 fully saturated rings. The molecule has 0 saturated carbocycles. The van der Waals surface area contributed by atoms with Crippen LogP contribution >= 0.6 is 0 Å². The van der Waals surface area contributed by atoms with Crippen molar-refractivity contribution in [2.24, 2.45) is 5.73 Å². The summed E-state index contributed by atoms with van der Waals surface area (Å²) >= 11 is 0. The van der Waals surface area contributed by atoms with Crippen molar-refractivity contribution >= 4 is 5.69 Å². The number of methoxy groups -OCH3 is 1. The Morgan fingerprint density at radius 2 is 2.00 bits per heavy atom. The monoisotopic (exact) mass is 208 g/mol. The van der Waals surface area contributed by atoms with Gasteiger partial charge in [-0.2, -0.15) is 0 Å². The Bertz CT molecular complexity index is 323. The normalized spacial score (nSPS) is 14.7. The topological polar surface area (TPSA) is 47.3 Å². The van der Waals surface area contributed by atoms with Gasteiger partial charge in [-0.15, -0.1) is 0 Å². The molecule has 2 atom stereocenters. The first-order valence-electron chi connectivity index (χ1n) is 5.20. The lowest BCUT2D eigenvalue weighted by molar-refractivity contribution is 0.141. The summed E-state index contributed by atoms with van der Waals surface area (Å²) in [7, 11) is 1.68. The average Bonchev–Trinajstić information content (AvgIpc) is 2.17. The van der Waals surface area contributed by atoms with Gasteiger partial charge < -0.3 is 15.8 Å². The fourth-order valence-corrected chi connectivity index (χ4v) is 1.57. The third-order valence-electron chi connectivity index (χ3n) is 2.48. The number of nitrogens with two attached hydrogens (primary N) is 1. The number of benzene rings is 1. The molecule has 0 radical (unpaired) electrons. The Morgan fingerprint density at radius 1 is 1.33 bits per heavy atom. The van der Waals surface area contributed by atoms with Crippen molar-refractivity contribution < 1.29 is 4.74 Å². The predicted octanol–water partition coefficient (Wildman–Crippen LogP) is 2.42. The smallest absolute Gasteiger partial charge is 0.124 e. The van der Waals surface area contributed by atoms with E-state index in [1.807, 2.05) is 19.9 Å². The predicted molar refractivity (Wildman–Crippen MR) is 63.9 cm³/mol. The zero-order valence-electron chi connectivity index (χ0n) is 9.87. The molecule has 0 bridgehead atoms. The lowest BCUT2D eigenvalue weighted by atomic mass is 10.0. The van der Waals surface area contributed by atoms with E-state index in [0.717, 1.165) is 5.69 Å². The molecule has 2 unspecified atom stereocenters. The molecule has 0 aromatic heterocycles. The summed E-state index contributed by atoms with van der Waals surface area (Å²) in [4.78, 5) is 0. The lowest BCUT2D eigenvalue weighted by Crippen LogP contribution is -2.17. The van der Waals surface area contributed by atoms with Gasteiger partial charge in [0.1, 0.15) is 6.23 Å². The molecule has 1 aromatic carbocycles. The van der Waals surface area contributed by atoms with Crippen LogP contribution in [0.1, 0.15) is 31.0 Å². The number of hydrogen-bond donors (Lipinski definition) is 2. The molecule has 0 spiro atoms. The highest BCUT2D eigenvalue weighted by Crippen LogP contribution is 2.20. The molecular weight excluding hydrogens is 188 g/mol. The van der Waals surface area contributed by atoms with E-state index in [4.69, 9.17) is 10.5 Å². The maximum absolute atomic E-state index is 5.85. The van der Waals surface area contributed by atoms with Gasteiger partial charge in [-0.1, -0.05) is 6.07 Å². The highest BCUT2D eigenvalue weighted by Gasteiger charge is 2.05. The Balaban J connectivity index is 2.82. The fourth-order valence-electron chi connectivity index (χ4n) is 1.57. The van der Waals surface area contributed by atoms with Crippen LogP contribution < -0.4 is 11.1 Å². The van der Waals surface area contributed by atoms with Crippen LogP contribution in [0.15, 0.2) is 18.2 Å². The van der Waals surface area contributed by atoms with Crippen LogP contribution in [-0.4, -0.2) is 13.3 Å². The second kappa shape index (κ2) is 5.14. The summed E-state index contributed by atoms with van der Waals surface area (Å²) in [5, 5.41) is 3.24. The van der Waals surface area contributed by atoms with Crippen molar-refractivity contribution in [1.82, 2.24) is 0 Å². The molecule has 1 rings (SSSR count). The number of anilines is 1. The maximum Gasteiger partial charge on any atom is 0.124 e. The lowest BCUT2D eigenvalue weighted by Gasteiger charge is -2.16. The van der Waals surface area contributed by atoms with Crippen molar-refractivity contribution in [2.75, 3.05) is 12.4 Å². The maximum atomic E-state index is 5.85. The van der Waals surface area contributed by atoms with E-state index >= 15 is 0 Å². The quantitative estimate of drug-likeness (QED) is 0.747.